The Morgan fingerprint density at radius 3 is 2.42 bits per heavy atom. The summed E-state index contributed by atoms with van der Waals surface area (Å²) in [5.41, 5.74) is 1.24. The van der Waals surface area contributed by atoms with Gasteiger partial charge in [0.15, 0.2) is 6.61 Å². The highest BCUT2D eigenvalue weighted by molar-refractivity contribution is 9.10. The summed E-state index contributed by atoms with van der Waals surface area (Å²) >= 11 is 3.38. The topological polar surface area (TPSA) is 114 Å². The van der Waals surface area contributed by atoms with Crippen molar-refractivity contribution in [2.75, 3.05) is 23.9 Å². The summed E-state index contributed by atoms with van der Waals surface area (Å²) in [5, 5.41) is 4.91. The molecule has 10 heteroatoms. The number of para-hydroxylation sites is 1. The first kappa shape index (κ1) is 24.7. The number of urea groups is 1. The monoisotopic (exact) mass is 549 g/mol. The molecule has 1 heterocycles. The number of rotatable bonds is 7. The van der Waals surface area contributed by atoms with E-state index in [1.807, 2.05) is 18.2 Å². The van der Waals surface area contributed by atoms with E-state index in [9.17, 15) is 19.2 Å². The lowest BCUT2D eigenvalue weighted by Gasteiger charge is -2.26. The third-order valence-electron chi connectivity index (χ3n) is 5.12. The van der Waals surface area contributed by atoms with E-state index in [1.165, 1.54) is 13.2 Å². The van der Waals surface area contributed by atoms with Crippen LogP contribution >= 0.6 is 15.9 Å². The lowest BCUT2D eigenvalue weighted by atomic mass is 10.1. The van der Waals surface area contributed by atoms with Crippen molar-refractivity contribution in [2.24, 2.45) is 0 Å². The number of amides is 5. The van der Waals surface area contributed by atoms with E-state index in [0.717, 1.165) is 4.90 Å². The predicted octanol–water partition coefficient (Wildman–Crippen LogP) is 4.14. The van der Waals surface area contributed by atoms with Crippen LogP contribution < -0.4 is 25.0 Å². The van der Waals surface area contributed by atoms with Gasteiger partial charge in [-0.1, -0.05) is 24.3 Å². The Bertz CT molecular complexity index is 1360. The van der Waals surface area contributed by atoms with Gasteiger partial charge >= 0.3 is 6.03 Å². The fraction of sp³-hybridized carbons (Fsp3) is 0.0769. The van der Waals surface area contributed by atoms with Gasteiger partial charge in [-0.05, 0) is 76.1 Å². The second-order valence-electron chi connectivity index (χ2n) is 7.55. The minimum atomic E-state index is -0.842. The molecule has 9 nitrogen and oxygen atoms in total. The zero-order valence-electron chi connectivity index (χ0n) is 19.0. The molecule has 0 radical (unpaired) electrons. The van der Waals surface area contributed by atoms with E-state index in [4.69, 9.17) is 9.47 Å². The zero-order chi connectivity index (χ0) is 25.7. The van der Waals surface area contributed by atoms with Crippen LogP contribution in [0.2, 0.25) is 0 Å². The number of benzene rings is 3. The first-order chi connectivity index (χ1) is 17.4. The lowest BCUT2D eigenvalue weighted by molar-refractivity contribution is -0.122. The van der Waals surface area contributed by atoms with Crippen molar-refractivity contribution >= 4 is 57.1 Å². The summed E-state index contributed by atoms with van der Waals surface area (Å²) < 4.78 is 11.2. The van der Waals surface area contributed by atoms with Gasteiger partial charge in [0.1, 0.15) is 17.1 Å². The van der Waals surface area contributed by atoms with Gasteiger partial charge in [0.2, 0.25) is 0 Å². The molecule has 1 fully saturated rings. The maximum atomic E-state index is 13.0. The molecule has 0 atom stereocenters. The Labute approximate surface area is 214 Å². The summed E-state index contributed by atoms with van der Waals surface area (Å²) in [5.74, 6) is -0.936. The number of ether oxygens (including phenoxy) is 2. The normalized spacial score (nSPS) is 14.4. The molecule has 1 aliphatic heterocycles. The van der Waals surface area contributed by atoms with Gasteiger partial charge in [-0.2, -0.15) is 0 Å². The Hall–Kier alpha value is -4.44. The van der Waals surface area contributed by atoms with E-state index < -0.39 is 17.8 Å². The number of anilines is 2. The largest absolute Gasteiger partial charge is 0.497 e. The summed E-state index contributed by atoms with van der Waals surface area (Å²) in [6.07, 6.45) is 1.37. The van der Waals surface area contributed by atoms with Crippen LogP contribution in [0.4, 0.5) is 16.2 Å². The average Bonchev–Trinajstić information content (AvgIpc) is 2.87. The van der Waals surface area contributed by atoms with Gasteiger partial charge in [-0.3, -0.25) is 19.7 Å². The Morgan fingerprint density at radius 2 is 1.75 bits per heavy atom. The van der Waals surface area contributed by atoms with Crippen LogP contribution in [0.1, 0.15) is 5.56 Å². The minimum absolute atomic E-state index is 0.215. The number of barbiturate groups is 1. The molecule has 0 aliphatic carbocycles. The maximum Gasteiger partial charge on any atom is 0.335 e. The predicted molar refractivity (Wildman–Crippen MR) is 137 cm³/mol. The molecule has 182 valence electrons. The molecule has 1 aliphatic rings. The molecular formula is C26H20BrN3O6. The molecule has 0 aromatic heterocycles. The minimum Gasteiger partial charge on any atom is -0.497 e. The van der Waals surface area contributed by atoms with Gasteiger partial charge in [-0.15, -0.1) is 0 Å². The number of imide groups is 2. The van der Waals surface area contributed by atoms with Gasteiger partial charge in [-0.25, -0.2) is 9.69 Å². The summed E-state index contributed by atoms with van der Waals surface area (Å²) in [6, 6.07) is 19.3. The van der Waals surface area contributed by atoms with Crippen molar-refractivity contribution in [1.82, 2.24) is 5.32 Å². The zero-order valence-corrected chi connectivity index (χ0v) is 20.6. The number of carbonyl (C=O) groups excluding carboxylic acids is 4. The second kappa shape index (κ2) is 10.9. The third-order valence-corrected chi connectivity index (χ3v) is 5.74. The molecule has 2 N–H and O–H groups in total. The van der Waals surface area contributed by atoms with Crippen LogP contribution in [0, 0.1) is 0 Å². The fourth-order valence-corrected chi connectivity index (χ4v) is 3.89. The Balaban J connectivity index is 1.48. The van der Waals surface area contributed by atoms with Crippen LogP contribution in [0.25, 0.3) is 6.08 Å². The van der Waals surface area contributed by atoms with Crippen LogP contribution in [0.3, 0.4) is 0 Å². The molecule has 0 bridgehead atoms. The van der Waals surface area contributed by atoms with Crippen molar-refractivity contribution in [3.05, 3.63) is 88.4 Å². The molecule has 0 spiro atoms. The van der Waals surface area contributed by atoms with Crippen molar-refractivity contribution in [1.29, 1.82) is 0 Å². The maximum absolute atomic E-state index is 13.0. The number of hydrogen-bond acceptors (Lipinski definition) is 6. The number of nitrogens with zero attached hydrogens (tertiary/aromatic N) is 1. The molecule has 0 unspecified atom stereocenters. The number of methoxy groups -OCH3 is 1. The van der Waals surface area contributed by atoms with Crippen molar-refractivity contribution < 1.29 is 28.7 Å². The summed E-state index contributed by atoms with van der Waals surface area (Å²) in [6.45, 7) is -0.215. The van der Waals surface area contributed by atoms with Gasteiger partial charge in [0.05, 0.1) is 17.3 Å². The van der Waals surface area contributed by atoms with Gasteiger partial charge in [0, 0.05) is 5.69 Å². The standard InChI is InChI=1S/C26H20BrN3O6/c1-35-19-10-8-18(9-11-19)30-25(33)20(24(32)29-26(30)34)13-16-7-12-22(21(27)14-16)36-15-23(31)28-17-5-3-2-4-6-17/h2-14H,15H2,1H3,(H,28,31)(H,29,32,34)/b20-13+. The average molecular weight is 550 g/mol. The molecule has 4 rings (SSSR count). The van der Waals surface area contributed by atoms with E-state index in [-0.39, 0.29) is 23.8 Å². The van der Waals surface area contributed by atoms with Gasteiger partial charge in [0.25, 0.3) is 17.7 Å². The molecule has 5 amide bonds. The number of carbonyl (C=O) groups is 4. The molecular weight excluding hydrogens is 530 g/mol. The highest BCUT2D eigenvalue weighted by atomic mass is 79.9. The van der Waals surface area contributed by atoms with Crippen LogP contribution in [-0.2, 0) is 14.4 Å². The first-order valence-electron chi connectivity index (χ1n) is 10.7. The summed E-state index contributed by atoms with van der Waals surface area (Å²) in [4.78, 5) is 50.9. The second-order valence-corrected chi connectivity index (χ2v) is 8.40. The SMILES string of the molecule is COc1ccc(N2C(=O)NC(=O)/C(=C\c3ccc(OCC(=O)Nc4ccccc4)c(Br)c3)C2=O)cc1. The quantitative estimate of drug-likeness (QED) is 0.338. The third kappa shape index (κ3) is 5.61. The number of hydrogen-bond donors (Lipinski definition) is 2. The molecule has 1 saturated heterocycles. The van der Waals surface area contributed by atoms with Crippen molar-refractivity contribution in [3.63, 3.8) is 0 Å². The van der Waals surface area contributed by atoms with Crippen molar-refractivity contribution in [3.8, 4) is 11.5 Å². The Morgan fingerprint density at radius 1 is 1.03 bits per heavy atom. The molecule has 36 heavy (non-hydrogen) atoms. The first-order valence-corrected chi connectivity index (χ1v) is 11.5. The smallest absolute Gasteiger partial charge is 0.335 e. The van der Waals surface area contributed by atoms with E-state index >= 15 is 0 Å². The Kier molecular flexibility index (Phi) is 7.45. The highest BCUT2D eigenvalue weighted by Gasteiger charge is 2.36. The van der Waals surface area contributed by atoms with Gasteiger partial charge < -0.3 is 14.8 Å². The van der Waals surface area contributed by atoms with E-state index in [1.54, 1.807) is 54.6 Å². The summed E-state index contributed by atoms with van der Waals surface area (Å²) in [7, 11) is 1.50. The fourth-order valence-electron chi connectivity index (χ4n) is 3.38. The van der Waals surface area contributed by atoms with Crippen LogP contribution in [0.5, 0.6) is 11.5 Å². The van der Waals surface area contributed by atoms with Crippen LogP contribution in [0.15, 0.2) is 82.8 Å². The molecule has 3 aromatic carbocycles. The van der Waals surface area contributed by atoms with E-state index in [0.29, 0.717) is 27.2 Å². The highest BCUT2D eigenvalue weighted by Crippen LogP contribution is 2.28. The molecule has 3 aromatic rings. The number of halogens is 1. The van der Waals surface area contributed by atoms with Crippen molar-refractivity contribution in [2.45, 2.75) is 0 Å². The number of nitrogens with one attached hydrogen (secondary N) is 2. The van der Waals surface area contributed by atoms with Crippen LogP contribution in [-0.4, -0.2) is 37.5 Å². The lowest BCUT2D eigenvalue weighted by Crippen LogP contribution is -2.54. The molecule has 0 saturated carbocycles. The van der Waals surface area contributed by atoms with E-state index in [2.05, 4.69) is 26.6 Å².